The Morgan fingerprint density at radius 1 is 0.884 bits per heavy atom. The van der Waals surface area contributed by atoms with Gasteiger partial charge in [0.1, 0.15) is 11.4 Å². The maximum absolute atomic E-state index is 13.6. The molecule has 0 aromatic heterocycles. The van der Waals surface area contributed by atoms with Crippen LogP contribution in [0, 0.1) is 0 Å². The van der Waals surface area contributed by atoms with Gasteiger partial charge < -0.3 is 14.3 Å². The zero-order valence-electron chi connectivity index (χ0n) is 24.0. The van der Waals surface area contributed by atoms with Gasteiger partial charge in [0, 0.05) is 24.8 Å². The van der Waals surface area contributed by atoms with Gasteiger partial charge >= 0.3 is 29.6 Å². The molecule has 2 heterocycles. The number of imidazole rings is 1. The van der Waals surface area contributed by atoms with E-state index in [1.807, 2.05) is 72.8 Å². The number of hydrogen-bond donors (Lipinski definition) is 1. The quantitative estimate of drug-likeness (QED) is 0.122. The summed E-state index contributed by atoms with van der Waals surface area (Å²) in [6.07, 6.45) is 5.11. The van der Waals surface area contributed by atoms with Gasteiger partial charge in [-0.1, -0.05) is 91.2 Å². The van der Waals surface area contributed by atoms with E-state index in [4.69, 9.17) is 21.3 Å². The maximum Gasteiger partial charge on any atom is 1.00 e. The van der Waals surface area contributed by atoms with Crippen LogP contribution in [0.5, 0.6) is 5.75 Å². The van der Waals surface area contributed by atoms with Gasteiger partial charge in [-0.3, -0.25) is 9.36 Å². The van der Waals surface area contributed by atoms with Gasteiger partial charge in [0.2, 0.25) is 0 Å². The van der Waals surface area contributed by atoms with E-state index in [0.717, 1.165) is 34.5 Å². The van der Waals surface area contributed by atoms with Crippen LogP contribution in [0.15, 0.2) is 89.9 Å². The molecule has 0 aliphatic carbocycles. The number of fused-ring (bicyclic) bond motifs is 1. The number of nitrogens with zero attached hydrogens (tertiary/aromatic N) is 2. The molecule has 0 radical (unpaired) electrons. The van der Waals surface area contributed by atoms with E-state index in [1.54, 1.807) is 16.8 Å². The van der Waals surface area contributed by atoms with E-state index < -0.39 is 10.1 Å². The monoisotopic (exact) mass is 627 g/mol. The van der Waals surface area contributed by atoms with Crippen molar-refractivity contribution in [2.75, 3.05) is 12.4 Å². The molecule has 3 aromatic carbocycles. The van der Waals surface area contributed by atoms with Crippen molar-refractivity contribution in [2.24, 2.45) is 0 Å². The predicted molar refractivity (Wildman–Crippen MR) is 163 cm³/mol. The minimum Gasteiger partial charge on any atom is -0.748 e. The molecule has 0 saturated carbocycles. The number of aromatic amines is 1. The average Bonchev–Trinajstić information content (AvgIpc) is 3.29. The van der Waals surface area contributed by atoms with E-state index in [1.165, 1.54) is 0 Å². The van der Waals surface area contributed by atoms with Crippen LogP contribution in [-0.2, 0) is 23.0 Å². The Morgan fingerprint density at radius 2 is 1.58 bits per heavy atom. The van der Waals surface area contributed by atoms with E-state index in [0.29, 0.717) is 61.0 Å². The normalized spacial score (nSPS) is 11.4. The number of ether oxygens (including phenoxy) is 1. The van der Waals surface area contributed by atoms with Gasteiger partial charge in [-0.05, 0) is 41.7 Å². The van der Waals surface area contributed by atoms with Gasteiger partial charge in [0.05, 0.1) is 33.1 Å². The fraction of sp³-hybridized carbons (Fsp3) is 0.250. The van der Waals surface area contributed by atoms with Gasteiger partial charge in [-0.25, -0.2) is 13.4 Å². The Balaban J connectivity index is 0.00000423. The van der Waals surface area contributed by atoms with Crippen molar-refractivity contribution < 1.29 is 47.3 Å². The van der Waals surface area contributed by atoms with E-state index in [9.17, 15) is 17.8 Å². The van der Waals surface area contributed by atoms with Gasteiger partial charge in [0.15, 0.2) is 5.82 Å². The van der Waals surface area contributed by atoms with Gasteiger partial charge in [0.25, 0.3) is 5.56 Å². The minimum absolute atomic E-state index is 0. The van der Waals surface area contributed by atoms with Crippen molar-refractivity contribution in [1.29, 1.82) is 0 Å². The summed E-state index contributed by atoms with van der Waals surface area (Å²) in [6, 6.07) is 25.4. The summed E-state index contributed by atoms with van der Waals surface area (Å²) in [7, 11) is -4.17. The first kappa shape index (κ1) is 33.0. The van der Waals surface area contributed by atoms with Gasteiger partial charge in [-0.15, -0.1) is 0 Å². The molecule has 0 spiro atoms. The molecule has 0 unspecified atom stereocenters. The third-order valence-corrected chi connectivity index (χ3v) is 8.07. The first-order valence-corrected chi connectivity index (χ1v) is 15.8. The summed E-state index contributed by atoms with van der Waals surface area (Å²) < 4.78 is 39.7. The summed E-state index contributed by atoms with van der Waals surface area (Å²) in [5.41, 5.74) is 4.83. The SMILES string of the molecule is O=c1c(Cc2ccc(Cl)c(OCCCCCCS(=O)(=O)[O-])c2)nc2c(Cc3ccccc3)[nH]c(-c3ccccc3)cn1-2.[Na+]. The molecule has 0 fully saturated rings. The molecule has 3 aromatic rings. The fourth-order valence-corrected chi connectivity index (χ4v) is 5.59. The Hall–Kier alpha value is -2.92. The first-order valence-electron chi connectivity index (χ1n) is 13.8. The molecular weight excluding hydrogens is 597 g/mol. The average molecular weight is 628 g/mol. The molecule has 8 nitrogen and oxygen atoms in total. The largest absolute Gasteiger partial charge is 1.00 e. The number of aromatic nitrogens is 3. The standard InChI is InChI=1S/C32H32ClN3O5S.Na/c33-26-16-15-24(21-30(26)41-17-9-1-2-10-18-42(38,39)40)20-28-32(37)36-22-29(25-13-7-4-8-14-25)34-27(31(36)35-28)19-23-11-5-3-6-12-23;/h3-8,11-16,21-22,34H,1-2,9-10,17-20H2,(H,38,39,40);/q;+1/p-1. The maximum atomic E-state index is 13.6. The summed E-state index contributed by atoms with van der Waals surface area (Å²) in [5, 5.41) is 0.459. The summed E-state index contributed by atoms with van der Waals surface area (Å²) in [6.45, 7) is 0.398. The van der Waals surface area contributed by atoms with Crippen LogP contribution in [-0.4, -0.2) is 39.9 Å². The Labute approximate surface area is 278 Å². The fourth-order valence-electron chi connectivity index (χ4n) is 4.86. The summed E-state index contributed by atoms with van der Waals surface area (Å²) in [4.78, 5) is 21.9. The van der Waals surface area contributed by atoms with E-state index in [-0.39, 0.29) is 40.9 Å². The zero-order valence-corrected chi connectivity index (χ0v) is 27.5. The van der Waals surface area contributed by atoms with Crippen LogP contribution >= 0.6 is 11.6 Å². The number of H-pyrrole nitrogens is 1. The molecule has 1 N–H and O–H groups in total. The molecule has 0 amide bonds. The van der Waals surface area contributed by atoms with Crippen molar-refractivity contribution in [3.63, 3.8) is 0 Å². The van der Waals surface area contributed by atoms with Crippen molar-refractivity contribution >= 4 is 21.7 Å². The molecule has 0 bridgehead atoms. The molecule has 218 valence electrons. The van der Waals surface area contributed by atoms with Crippen molar-refractivity contribution in [1.82, 2.24) is 14.5 Å². The van der Waals surface area contributed by atoms with Crippen molar-refractivity contribution in [3.8, 4) is 22.8 Å². The molecular formula is C32H31ClN3NaO5S. The Kier molecular flexibility index (Phi) is 11.7. The van der Waals surface area contributed by atoms with Crippen LogP contribution in [0.3, 0.4) is 0 Å². The topological polar surface area (TPSA) is 117 Å². The second-order valence-electron chi connectivity index (χ2n) is 10.2. The van der Waals surface area contributed by atoms with Crippen LogP contribution in [0.1, 0.15) is 48.2 Å². The van der Waals surface area contributed by atoms with E-state index in [2.05, 4.69) is 4.98 Å². The smallest absolute Gasteiger partial charge is 0.748 e. The zero-order chi connectivity index (χ0) is 29.5. The first-order chi connectivity index (χ1) is 20.3. The Morgan fingerprint density at radius 3 is 2.30 bits per heavy atom. The second kappa shape index (κ2) is 15.2. The molecule has 2 aliphatic heterocycles. The molecule has 0 saturated heterocycles. The molecule has 5 rings (SSSR count). The number of benzene rings is 3. The van der Waals surface area contributed by atoms with Crippen molar-refractivity contribution in [2.45, 2.75) is 38.5 Å². The number of unbranched alkanes of at least 4 members (excludes halogenated alkanes) is 3. The third-order valence-electron chi connectivity index (χ3n) is 6.97. The molecule has 11 heteroatoms. The molecule has 0 atom stereocenters. The van der Waals surface area contributed by atoms with Crippen LogP contribution in [0.25, 0.3) is 17.1 Å². The van der Waals surface area contributed by atoms with E-state index >= 15 is 0 Å². The van der Waals surface area contributed by atoms with Gasteiger partial charge in [-0.2, -0.15) is 0 Å². The predicted octanol–water partition coefficient (Wildman–Crippen LogP) is 2.99. The van der Waals surface area contributed by atoms with Crippen LogP contribution < -0.4 is 39.9 Å². The second-order valence-corrected chi connectivity index (χ2v) is 12.1. The van der Waals surface area contributed by atoms with Crippen molar-refractivity contribution in [3.05, 3.63) is 123 Å². The number of rotatable bonds is 13. The third kappa shape index (κ3) is 9.04. The summed E-state index contributed by atoms with van der Waals surface area (Å²) >= 11 is 6.37. The summed E-state index contributed by atoms with van der Waals surface area (Å²) in [5.74, 6) is 0.761. The molecule has 43 heavy (non-hydrogen) atoms. The van der Waals surface area contributed by atoms with Crippen LogP contribution in [0.2, 0.25) is 5.02 Å². The number of nitrogens with one attached hydrogen (secondary N) is 1. The van der Waals surface area contributed by atoms with Crippen LogP contribution in [0.4, 0.5) is 0 Å². The number of hydrogen-bond acceptors (Lipinski definition) is 6. The minimum atomic E-state index is -4.17. The Bertz CT molecular complexity index is 1780. The number of halogens is 1. The molecule has 2 aliphatic rings.